The van der Waals surface area contributed by atoms with Crippen LogP contribution in [0, 0.1) is 0 Å². The number of nitrogens with zero attached hydrogens (tertiary/aromatic N) is 2. The van der Waals surface area contributed by atoms with Crippen molar-refractivity contribution in [3.63, 3.8) is 0 Å². The molecule has 2 heterocycles. The zero-order valence-electron chi connectivity index (χ0n) is 10.5. The van der Waals surface area contributed by atoms with Gasteiger partial charge < -0.3 is 9.84 Å². The SMILES string of the molecule is CC1CN(S(=O)(=O)c2[nH]ncc2C(=O)O)C(C)CO1. The average molecular weight is 289 g/mol. The van der Waals surface area contributed by atoms with Crippen molar-refractivity contribution in [2.45, 2.75) is 31.0 Å². The second kappa shape index (κ2) is 4.91. The number of ether oxygens (including phenoxy) is 1. The zero-order chi connectivity index (χ0) is 14.2. The summed E-state index contributed by atoms with van der Waals surface area (Å²) >= 11 is 0. The molecular weight excluding hydrogens is 274 g/mol. The topological polar surface area (TPSA) is 113 Å². The highest BCUT2D eigenvalue weighted by molar-refractivity contribution is 7.89. The fraction of sp³-hybridized carbons (Fsp3) is 0.600. The first-order chi connectivity index (χ1) is 8.84. The number of carbonyl (C=O) groups is 1. The number of aromatic nitrogens is 2. The lowest BCUT2D eigenvalue weighted by Gasteiger charge is -2.35. The number of carboxylic acid groups (broad SMARTS) is 1. The van der Waals surface area contributed by atoms with Gasteiger partial charge in [-0.1, -0.05) is 0 Å². The van der Waals surface area contributed by atoms with Crippen LogP contribution in [0.1, 0.15) is 24.2 Å². The van der Waals surface area contributed by atoms with Crippen LogP contribution in [0.25, 0.3) is 0 Å². The summed E-state index contributed by atoms with van der Waals surface area (Å²) in [6.07, 6.45) is 0.756. The number of nitrogens with one attached hydrogen (secondary N) is 1. The van der Waals surface area contributed by atoms with Crippen molar-refractivity contribution in [3.8, 4) is 0 Å². The van der Waals surface area contributed by atoms with E-state index in [1.54, 1.807) is 13.8 Å². The summed E-state index contributed by atoms with van der Waals surface area (Å²) in [7, 11) is -3.92. The number of rotatable bonds is 3. The van der Waals surface area contributed by atoms with Crippen LogP contribution < -0.4 is 0 Å². The average Bonchev–Trinajstić information content (AvgIpc) is 2.82. The first-order valence-corrected chi connectivity index (χ1v) is 7.18. The van der Waals surface area contributed by atoms with Crippen molar-refractivity contribution >= 4 is 16.0 Å². The quantitative estimate of drug-likeness (QED) is 0.804. The van der Waals surface area contributed by atoms with E-state index in [2.05, 4.69) is 10.2 Å². The Morgan fingerprint density at radius 1 is 1.58 bits per heavy atom. The number of aromatic carboxylic acids is 1. The molecule has 19 heavy (non-hydrogen) atoms. The number of sulfonamides is 1. The van der Waals surface area contributed by atoms with Gasteiger partial charge in [-0.15, -0.1) is 0 Å². The maximum absolute atomic E-state index is 12.5. The second-order valence-electron chi connectivity index (χ2n) is 4.49. The van der Waals surface area contributed by atoms with E-state index in [0.717, 1.165) is 6.20 Å². The van der Waals surface area contributed by atoms with E-state index in [0.29, 0.717) is 0 Å². The molecule has 2 unspecified atom stereocenters. The standard InChI is InChI=1S/C10H15N3O5S/c1-6-5-18-7(2)4-13(6)19(16,17)9-8(10(14)15)3-11-12-9/h3,6-7H,4-5H2,1-2H3,(H,11,12)(H,14,15). The van der Waals surface area contributed by atoms with E-state index in [9.17, 15) is 13.2 Å². The van der Waals surface area contributed by atoms with Crippen LogP contribution >= 0.6 is 0 Å². The molecule has 2 N–H and O–H groups in total. The number of hydrogen-bond donors (Lipinski definition) is 2. The summed E-state index contributed by atoms with van der Waals surface area (Å²) in [5, 5.41) is 14.3. The number of aromatic amines is 1. The lowest BCUT2D eigenvalue weighted by atomic mass is 10.2. The Hall–Kier alpha value is -1.45. The molecule has 0 saturated carbocycles. The molecule has 1 saturated heterocycles. The van der Waals surface area contributed by atoms with Gasteiger partial charge in [-0.05, 0) is 13.8 Å². The van der Waals surface area contributed by atoms with Crippen molar-refractivity contribution in [3.05, 3.63) is 11.8 Å². The van der Waals surface area contributed by atoms with E-state index < -0.39 is 16.0 Å². The molecule has 0 bridgehead atoms. The second-order valence-corrected chi connectivity index (χ2v) is 6.31. The normalized spacial score (nSPS) is 25.4. The number of H-pyrrole nitrogens is 1. The predicted octanol–water partition coefficient (Wildman–Crippen LogP) is -0.0942. The van der Waals surface area contributed by atoms with E-state index in [4.69, 9.17) is 9.84 Å². The van der Waals surface area contributed by atoms with E-state index in [1.807, 2.05) is 0 Å². The molecule has 0 spiro atoms. The predicted molar refractivity (Wildman–Crippen MR) is 64.3 cm³/mol. The molecule has 1 aliphatic rings. The van der Waals surface area contributed by atoms with Gasteiger partial charge in [0.05, 0.1) is 18.9 Å². The van der Waals surface area contributed by atoms with Gasteiger partial charge in [-0.3, -0.25) is 5.10 Å². The number of carboxylic acids is 1. The maximum atomic E-state index is 12.5. The van der Waals surface area contributed by atoms with Gasteiger partial charge in [0.2, 0.25) is 0 Å². The minimum absolute atomic E-state index is 0.182. The van der Waals surface area contributed by atoms with Crippen LogP contribution in [0.4, 0.5) is 0 Å². The summed E-state index contributed by atoms with van der Waals surface area (Å²) in [5.74, 6) is -1.33. The van der Waals surface area contributed by atoms with Crippen LogP contribution in [0.5, 0.6) is 0 Å². The lowest BCUT2D eigenvalue weighted by Crippen LogP contribution is -2.50. The smallest absolute Gasteiger partial charge is 0.340 e. The number of hydrogen-bond acceptors (Lipinski definition) is 5. The van der Waals surface area contributed by atoms with Crippen LogP contribution in [0.2, 0.25) is 0 Å². The Morgan fingerprint density at radius 2 is 2.26 bits per heavy atom. The molecule has 0 amide bonds. The van der Waals surface area contributed by atoms with E-state index >= 15 is 0 Å². The van der Waals surface area contributed by atoms with Gasteiger partial charge in [0.25, 0.3) is 10.0 Å². The molecule has 2 atom stereocenters. The molecular formula is C10H15N3O5S. The van der Waals surface area contributed by atoms with E-state index in [1.165, 1.54) is 4.31 Å². The number of morpholine rings is 1. The highest BCUT2D eigenvalue weighted by atomic mass is 32.2. The van der Waals surface area contributed by atoms with Gasteiger partial charge >= 0.3 is 5.97 Å². The van der Waals surface area contributed by atoms with Gasteiger partial charge in [-0.2, -0.15) is 9.40 Å². The Labute approximate surface area is 110 Å². The van der Waals surface area contributed by atoms with Crippen LogP contribution in [0.3, 0.4) is 0 Å². The molecule has 0 aliphatic carbocycles. The molecule has 9 heteroatoms. The van der Waals surface area contributed by atoms with Gasteiger partial charge in [0.1, 0.15) is 5.56 Å². The van der Waals surface area contributed by atoms with Crippen molar-refractivity contribution in [1.29, 1.82) is 0 Å². The highest BCUT2D eigenvalue weighted by Gasteiger charge is 2.37. The summed E-state index contributed by atoms with van der Waals surface area (Å²) < 4.78 is 31.5. The molecule has 1 aliphatic heterocycles. The third-order valence-corrected chi connectivity index (χ3v) is 4.91. The Morgan fingerprint density at radius 3 is 2.89 bits per heavy atom. The molecule has 1 aromatic rings. The van der Waals surface area contributed by atoms with Crippen molar-refractivity contribution in [2.75, 3.05) is 13.2 Å². The largest absolute Gasteiger partial charge is 0.478 e. The molecule has 2 rings (SSSR count). The summed E-state index contributed by atoms with van der Waals surface area (Å²) in [6.45, 7) is 3.93. The molecule has 106 valence electrons. The van der Waals surface area contributed by atoms with Crippen LogP contribution in [-0.2, 0) is 14.8 Å². The summed E-state index contributed by atoms with van der Waals surface area (Å²) in [4.78, 5) is 11.0. The van der Waals surface area contributed by atoms with Gasteiger partial charge in [0, 0.05) is 12.6 Å². The highest BCUT2D eigenvalue weighted by Crippen LogP contribution is 2.23. The summed E-state index contributed by atoms with van der Waals surface area (Å²) in [6, 6.07) is -0.355. The maximum Gasteiger partial charge on any atom is 0.340 e. The zero-order valence-corrected chi connectivity index (χ0v) is 11.3. The fourth-order valence-corrected chi connectivity index (χ4v) is 3.71. The molecule has 0 radical (unpaired) electrons. The Bertz CT molecular complexity index is 582. The Balaban J connectivity index is 2.41. The fourth-order valence-electron chi connectivity index (χ4n) is 1.95. The molecule has 8 nitrogen and oxygen atoms in total. The third-order valence-electron chi connectivity index (χ3n) is 2.95. The monoisotopic (exact) mass is 289 g/mol. The summed E-state index contributed by atoms with van der Waals surface area (Å²) in [5.41, 5.74) is -0.355. The third kappa shape index (κ3) is 2.48. The van der Waals surface area contributed by atoms with Crippen LogP contribution in [-0.4, -0.2) is 59.3 Å². The minimum atomic E-state index is -3.92. The first-order valence-electron chi connectivity index (χ1n) is 5.74. The van der Waals surface area contributed by atoms with Crippen molar-refractivity contribution < 1.29 is 23.1 Å². The van der Waals surface area contributed by atoms with Gasteiger partial charge in [-0.25, -0.2) is 13.2 Å². The lowest BCUT2D eigenvalue weighted by molar-refractivity contribution is -0.0171. The van der Waals surface area contributed by atoms with Gasteiger partial charge in [0.15, 0.2) is 5.03 Å². The molecule has 1 fully saturated rings. The Kier molecular flexibility index (Phi) is 3.61. The minimum Gasteiger partial charge on any atom is -0.478 e. The van der Waals surface area contributed by atoms with Crippen molar-refractivity contribution in [1.82, 2.24) is 14.5 Å². The first kappa shape index (κ1) is 14.0. The molecule has 0 aromatic carbocycles. The molecule has 1 aromatic heterocycles. The van der Waals surface area contributed by atoms with E-state index in [-0.39, 0.29) is 35.9 Å². The van der Waals surface area contributed by atoms with Crippen molar-refractivity contribution in [2.24, 2.45) is 0 Å². The van der Waals surface area contributed by atoms with Crippen LogP contribution in [0.15, 0.2) is 11.2 Å².